The van der Waals surface area contributed by atoms with Gasteiger partial charge in [-0.15, -0.1) is 0 Å². The number of rotatable bonds is 4. The van der Waals surface area contributed by atoms with Crippen LogP contribution in [0.5, 0.6) is 0 Å². The Morgan fingerprint density at radius 1 is 1.53 bits per heavy atom. The van der Waals surface area contributed by atoms with Crippen molar-refractivity contribution >= 4 is 11.6 Å². The lowest BCUT2D eigenvalue weighted by Crippen LogP contribution is -2.20. The first-order chi connectivity index (χ1) is 9.05. The summed E-state index contributed by atoms with van der Waals surface area (Å²) in [6.07, 6.45) is 5.91. The molecule has 3 nitrogen and oxygen atoms in total. The summed E-state index contributed by atoms with van der Waals surface area (Å²) in [5.74, 6) is 0.692. The maximum atomic E-state index is 9.61. The van der Waals surface area contributed by atoms with Gasteiger partial charge in [0, 0.05) is 13.5 Å². The zero-order chi connectivity index (χ0) is 14.0. The van der Waals surface area contributed by atoms with E-state index in [9.17, 15) is 5.26 Å². The molecule has 1 aromatic rings. The quantitative estimate of drug-likeness (QED) is 0.839. The lowest BCUT2D eigenvalue weighted by Gasteiger charge is -2.21. The van der Waals surface area contributed by atoms with Crippen molar-refractivity contribution in [2.24, 2.45) is 18.4 Å². The summed E-state index contributed by atoms with van der Waals surface area (Å²) < 4.78 is 1.86. The molecule has 4 heteroatoms. The molecule has 0 spiro atoms. The van der Waals surface area contributed by atoms with Gasteiger partial charge in [0.1, 0.15) is 0 Å². The van der Waals surface area contributed by atoms with Gasteiger partial charge in [0.15, 0.2) is 0 Å². The van der Waals surface area contributed by atoms with Crippen molar-refractivity contribution in [3.63, 3.8) is 0 Å². The minimum Gasteiger partial charge on any atom is -0.271 e. The molecule has 0 bridgehead atoms. The van der Waals surface area contributed by atoms with Gasteiger partial charge in [-0.1, -0.05) is 31.9 Å². The van der Waals surface area contributed by atoms with Gasteiger partial charge < -0.3 is 0 Å². The van der Waals surface area contributed by atoms with E-state index in [1.165, 1.54) is 12.8 Å². The van der Waals surface area contributed by atoms with Crippen LogP contribution in [0.3, 0.4) is 0 Å². The van der Waals surface area contributed by atoms with E-state index in [0.29, 0.717) is 5.92 Å². The fourth-order valence-corrected chi connectivity index (χ4v) is 3.58. The molecule has 2 atom stereocenters. The molecule has 0 radical (unpaired) electrons. The fourth-order valence-electron chi connectivity index (χ4n) is 3.22. The maximum Gasteiger partial charge on any atom is 0.0850 e. The van der Waals surface area contributed by atoms with Crippen LogP contribution in [0.15, 0.2) is 0 Å². The third-order valence-corrected chi connectivity index (χ3v) is 4.97. The second-order valence-corrected chi connectivity index (χ2v) is 6.15. The summed E-state index contributed by atoms with van der Waals surface area (Å²) in [5.41, 5.74) is 1.73. The molecule has 104 valence electrons. The van der Waals surface area contributed by atoms with Gasteiger partial charge in [0.2, 0.25) is 0 Å². The Labute approximate surface area is 120 Å². The van der Waals surface area contributed by atoms with E-state index < -0.39 is 0 Å². The van der Waals surface area contributed by atoms with E-state index in [0.717, 1.165) is 42.1 Å². The van der Waals surface area contributed by atoms with E-state index in [1.807, 2.05) is 11.7 Å². The number of aryl methyl sites for hydroxylation is 2. The minimum atomic E-state index is -0.233. The number of hydrogen-bond acceptors (Lipinski definition) is 2. The van der Waals surface area contributed by atoms with Gasteiger partial charge in [-0.05, 0) is 31.6 Å². The van der Waals surface area contributed by atoms with Crippen LogP contribution in [-0.2, 0) is 19.9 Å². The number of nitrogens with zero attached hydrogens (tertiary/aromatic N) is 3. The van der Waals surface area contributed by atoms with E-state index in [4.69, 9.17) is 11.6 Å². The Bertz CT molecular complexity index is 500. The standard InChI is InChI=1S/C15H22ClN3/c1-4-11-6-7-15(8-11,10-17)9-13-14(16)12(5-2)18-19(13)3/h11H,4-9H2,1-3H3. The van der Waals surface area contributed by atoms with Gasteiger partial charge in [0.25, 0.3) is 0 Å². The highest BCUT2D eigenvalue weighted by atomic mass is 35.5. The monoisotopic (exact) mass is 279 g/mol. The molecule has 0 saturated heterocycles. The summed E-state index contributed by atoms with van der Waals surface area (Å²) in [6, 6.07) is 2.57. The van der Waals surface area contributed by atoms with Crippen molar-refractivity contribution in [1.82, 2.24) is 9.78 Å². The molecule has 1 heterocycles. The Morgan fingerprint density at radius 2 is 2.26 bits per heavy atom. The van der Waals surface area contributed by atoms with Crippen molar-refractivity contribution in [1.29, 1.82) is 5.26 Å². The number of halogens is 1. The first-order valence-corrected chi connectivity index (χ1v) is 7.54. The molecular formula is C15H22ClN3. The predicted octanol–water partition coefficient (Wildman–Crippen LogP) is 3.90. The van der Waals surface area contributed by atoms with Crippen molar-refractivity contribution in [3.05, 3.63) is 16.4 Å². The summed E-state index contributed by atoms with van der Waals surface area (Å²) in [6.45, 7) is 4.27. The smallest absolute Gasteiger partial charge is 0.0850 e. The van der Waals surface area contributed by atoms with Crippen LogP contribution in [0.2, 0.25) is 5.02 Å². The second kappa shape index (κ2) is 5.54. The molecule has 1 saturated carbocycles. The molecule has 2 rings (SSSR count). The van der Waals surface area contributed by atoms with Crippen LogP contribution in [0, 0.1) is 22.7 Å². The van der Waals surface area contributed by atoms with Crippen molar-refractivity contribution in [2.75, 3.05) is 0 Å². The second-order valence-electron chi connectivity index (χ2n) is 5.77. The van der Waals surface area contributed by atoms with E-state index >= 15 is 0 Å². The van der Waals surface area contributed by atoms with Gasteiger partial charge in [-0.2, -0.15) is 10.4 Å². The summed E-state index contributed by atoms with van der Waals surface area (Å²) in [7, 11) is 1.93. The van der Waals surface area contributed by atoms with Gasteiger partial charge in [-0.3, -0.25) is 4.68 Å². The molecule has 0 N–H and O–H groups in total. The topological polar surface area (TPSA) is 41.6 Å². The molecule has 1 fully saturated rings. The molecule has 0 aliphatic heterocycles. The van der Waals surface area contributed by atoms with Gasteiger partial charge in [-0.25, -0.2) is 0 Å². The fraction of sp³-hybridized carbons (Fsp3) is 0.733. The number of nitriles is 1. The summed E-state index contributed by atoms with van der Waals surface area (Å²) in [5, 5.41) is 14.8. The molecule has 1 aliphatic rings. The molecular weight excluding hydrogens is 258 g/mol. The normalized spacial score (nSPS) is 26.6. The van der Waals surface area contributed by atoms with Crippen LogP contribution < -0.4 is 0 Å². The van der Waals surface area contributed by atoms with Crippen LogP contribution in [0.4, 0.5) is 0 Å². The minimum absolute atomic E-state index is 0.233. The molecule has 0 amide bonds. The molecule has 2 unspecified atom stereocenters. The maximum absolute atomic E-state index is 9.61. The summed E-state index contributed by atoms with van der Waals surface area (Å²) >= 11 is 6.40. The largest absolute Gasteiger partial charge is 0.271 e. The van der Waals surface area contributed by atoms with Crippen LogP contribution >= 0.6 is 11.6 Å². The van der Waals surface area contributed by atoms with Crippen LogP contribution in [-0.4, -0.2) is 9.78 Å². The van der Waals surface area contributed by atoms with Crippen LogP contribution in [0.25, 0.3) is 0 Å². The van der Waals surface area contributed by atoms with Crippen molar-refractivity contribution < 1.29 is 0 Å². The van der Waals surface area contributed by atoms with Gasteiger partial charge >= 0.3 is 0 Å². The Balaban J connectivity index is 2.25. The lowest BCUT2D eigenvalue weighted by atomic mass is 9.82. The summed E-state index contributed by atoms with van der Waals surface area (Å²) in [4.78, 5) is 0. The molecule has 1 aliphatic carbocycles. The Hall–Kier alpha value is -1.01. The van der Waals surface area contributed by atoms with E-state index in [1.54, 1.807) is 0 Å². The number of aromatic nitrogens is 2. The lowest BCUT2D eigenvalue weighted by molar-refractivity contribution is 0.371. The van der Waals surface area contributed by atoms with E-state index in [-0.39, 0.29) is 5.41 Å². The SMILES string of the molecule is CCc1nn(C)c(CC2(C#N)CCC(CC)C2)c1Cl. The van der Waals surface area contributed by atoms with Gasteiger partial charge in [0.05, 0.1) is 27.9 Å². The Kier molecular flexibility index (Phi) is 4.20. The highest BCUT2D eigenvalue weighted by molar-refractivity contribution is 6.31. The molecule has 1 aromatic heterocycles. The van der Waals surface area contributed by atoms with Crippen LogP contribution in [0.1, 0.15) is 50.9 Å². The Morgan fingerprint density at radius 3 is 2.74 bits per heavy atom. The third-order valence-electron chi connectivity index (χ3n) is 4.53. The average molecular weight is 280 g/mol. The predicted molar refractivity (Wildman–Crippen MR) is 77.0 cm³/mol. The molecule has 19 heavy (non-hydrogen) atoms. The number of hydrogen-bond donors (Lipinski definition) is 0. The zero-order valence-electron chi connectivity index (χ0n) is 12.0. The first-order valence-electron chi connectivity index (χ1n) is 7.16. The van der Waals surface area contributed by atoms with Crippen molar-refractivity contribution in [2.45, 2.75) is 52.4 Å². The average Bonchev–Trinajstić information content (AvgIpc) is 2.95. The zero-order valence-corrected chi connectivity index (χ0v) is 12.8. The van der Waals surface area contributed by atoms with Crippen molar-refractivity contribution in [3.8, 4) is 6.07 Å². The first kappa shape index (κ1) is 14.4. The third kappa shape index (κ3) is 2.65. The molecule has 0 aromatic carbocycles. The van der Waals surface area contributed by atoms with E-state index in [2.05, 4.69) is 25.0 Å². The highest BCUT2D eigenvalue weighted by Crippen LogP contribution is 2.45. The highest BCUT2D eigenvalue weighted by Gasteiger charge is 2.40.